The zero-order chi connectivity index (χ0) is 11.8. The van der Waals surface area contributed by atoms with Crippen molar-refractivity contribution < 1.29 is 4.39 Å². The number of thiophene rings is 1. The Hall–Kier alpha value is -1.45. The van der Waals surface area contributed by atoms with Crippen molar-refractivity contribution in [3.8, 4) is 11.1 Å². The lowest BCUT2D eigenvalue weighted by Crippen LogP contribution is -1.83. The monoisotopic (exact) mass is 262 g/mol. The molecule has 83 valence electrons. The maximum atomic E-state index is 12.9. The smallest absolute Gasteiger partial charge is 0.146 e. The molecule has 1 radical (unpaired) electrons. The Morgan fingerprint density at radius 2 is 2.00 bits per heavy atom. The van der Waals surface area contributed by atoms with Crippen LogP contribution in [0.2, 0.25) is 5.15 Å². The van der Waals surface area contributed by atoms with E-state index < -0.39 is 0 Å². The van der Waals surface area contributed by atoms with E-state index in [0.717, 1.165) is 21.2 Å². The van der Waals surface area contributed by atoms with Crippen molar-refractivity contribution in [2.45, 2.75) is 0 Å². The van der Waals surface area contributed by atoms with Gasteiger partial charge in [0.15, 0.2) is 0 Å². The van der Waals surface area contributed by atoms with Crippen molar-refractivity contribution in [1.82, 2.24) is 4.98 Å². The van der Waals surface area contributed by atoms with Gasteiger partial charge in [0.2, 0.25) is 0 Å². The van der Waals surface area contributed by atoms with Gasteiger partial charge in [-0.15, -0.1) is 11.3 Å². The normalized spacial score (nSPS) is 10.9. The summed E-state index contributed by atoms with van der Waals surface area (Å²) in [4.78, 5) is 4.14. The van der Waals surface area contributed by atoms with Crippen LogP contribution < -0.4 is 0 Å². The Kier molecular flexibility index (Phi) is 2.57. The van der Waals surface area contributed by atoms with E-state index in [9.17, 15) is 4.39 Å². The zero-order valence-electron chi connectivity index (χ0n) is 8.58. The molecule has 1 nitrogen and oxygen atoms in total. The fourth-order valence-corrected chi connectivity index (χ4v) is 2.71. The van der Waals surface area contributed by atoms with Gasteiger partial charge in [-0.2, -0.15) is 0 Å². The van der Waals surface area contributed by atoms with Crippen molar-refractivity contribution in [2.24, 2.45) is 0 Å². The quantitative estimate of drug-likeness (QED) is 0.586. The summed E-state index contributed by atoms with van der Waals surface area (Å²) < 4.78 is 13.8. The molecule has 0 aliphatic heterocycles. The summed E-state index contributed by atoms with van der Waals surface area (Å²) in [6.45, 7) is 0. The van der Waals surface area contributed by atoms with Crippen LogP contribution in [0.25, 0.3) is 21.2 Å². The third kappa shape index (κ3) is 1.81. The standard InChI is InChI=1S/C13H6ClFNS/c14-13-12-10(5-6-17-12)11(7-16-13)8-1-3-9(15)4-2-8/h1-5,7H. The highest BCUT2D eigenvalue weighted by atomic mass is 35.5. The molecule has 0 aliphatic rings. The average Bonchev–Trinajstić information content (AvgIpc) is 2.81. The molecule has 1 aromatic carbocycles. The lowest BCUT2D eigenvalue weighted by atomic mass is 10.0. The number of rotatable bonds is 1. The highest BCUT2D eigenvalue weighted by Crippen LogP contribution is 2.34. The van der Waals surface area contributed by atoms with Crippen LogP contribution in [0.4, 0.5) is 4.39 Å². The first-order valence-electron chi connectivity index (χ1n) is 4.96. The van der Waals surface area contributed by atoms with Crippen LogP contribution in [0.3, 0.4) is 0 Å². The Morgan fingerprint density at radius 1 is 1.24 bits per heavy atom. The summed E-state index contributed by atoms with van der Waals surface area (Å²) in [5.41, 5.74) is 1.87. The summed E-state index contributed by atoms with van der Waals surface area (Å²) >= 11 is 7.43. The van der Waals surface area contributed by atoms with E-state index in [4.69, 9.17) is 11.6 Å². The molecule has 0 fully saturated rings. The fraction of sp³-hybridized carbons (Fsp3) is 0. The Balaban J connectivity index is 2.27. The number of hydrogen-bond donors (Lipinski definition) is 0. The highest BCUT2D eigenvalue weighted by molar-refractivity contribution is 7.17. The van der Waals surface area contributed by atoms with E-state index in [1.54, 1.807) is 18.3 Å². The highest BCUT2D eigenvalue weighted by Gasteiger charge is 2.09. The van der Waals surface area contributed by atoms with Gasteiger partial charge >= 0.3 is 0 Å². The molecule has 0 atom stereocenters. The number of pyridine rings is 1. The first-order chi connectivity index (χ1) is 8.25. The van der Waals surface area contributed by atoms with Crippen molar-refractivity contribution in [3.63, 3.8) is 0 Å². The SMILES string of the molecule is Fc1ccc(-c2cnc(Cl)c3s[c]cc23)cc1. The van der Waals surface area contributed by atoms with Crippen LogP contribution in [0, 0.1) is 11.2 Å². The third-order valence-electron chi connectivity index (χ3n) is 2.55. The fourth-order valence-electron chi connectivity index (χ4n) is 1.73. The van der Waals surface area contributed by atoms with Crippen molar-refractivity contribution in [3.05, 3.63) is 52.9 Å². The van der Waals surface area contributed by atoms with Crippen LogP contribution in [0.5, 0.6) is 0 Å². The topological polar surface area (TPSA) is 12.9 Å². The number of benzene rings is 1. The second kappa shape index (κ2) is 4.09. The minimum Gasteiger partial charge on any atom is -0.242 e. The Bertz CT molecular complexity index is 675. The molecule has 0 amide bonds. The average molecular weight is 263 g/mol. The number of halogens is 2. The van der Waals surface area contributed by atoms with Crippen LogP contribution in [0.15, 0.2) is 36.5 Å². The number of aromatic nitrogens is 1. The Morgan fingerprint density at radius 3 is 2.76 bits per heavy atom. The second-order valence-corrected chi connectivity index (χ2v) is 4.78. The summed E-state index contributed by atoms with van der Waals surface area (Å²) in [6, 6.07) is 8.22. The lowest BCUT2D eigenvalue weighted by Gasteiger charge is -2.04. The van der Waals surface area contributed by atoms with Crippen LogP contribution in [0.1, 0.15) is 0 Å². The molecular weight excluding hydrogens is 257 g/mol. The molecule has 2 heterocycles. The molecule has 4 heteroatoms. The van der Waals surface area contributed by atoms with Crippen LogP contribution in [-0.4, -0.2) is 4.98 Å². The van der Waals surface area contributed by atoms with Gasteiger partial charge in [-0.25, -0.2) is 9.37 Å². The van der Waals surface area contributed by atoms with Gasteiger partial charge in [-0.05, 0) is 23.8 Å². The summed E-state index contributed by atoms with van der Waals surface area (Å²) in [6.07, 6.45) is 1.71. The minimum atomic E-state index is -0.246. The molecule has 0 bridgehead atoms. The number of fused-ring (bicyclic) bond motifs is 1. The van der Waals surface area contributed by atoms with Gasteiger partial charge in [0.25, 0.3) is 0 Å². The molecule has 0 unspecified atom stereocenters. The molecule has 0 spiro atoms. The van der Waals surface area contributed by atoms with Crippen molar-refractivity contribution in [1.29, 1.82) is 0 Å². The molecule has 2 aromatic heterocycles. The first kappa shape index (κ1) is 10.7. The predicted molar refractivity (Wildman–Crippen MR) is 68.9 cm³/mol. The van der Waals surface area contributed by atoms with Gasteiger partial charge in [-0.3, -0.25) is 0 Å². The van der Waals surface area contributed by atoms with Crippen molar-refractivity contribution in [2.75, 3.05) is 0 Å². The first-order valence-corrected chi connectivity index (χ1v) is 6.15. The van der Waals surface area contributed by atoms with Gasteiger partial charge < -0.3 is 0 Å². The van der Waals surface area contributed by atoms with Crippen molar-refractivity contribution >= 4 is 33.0 Å². The van der Waals surface area contributed by atoms with E-state index in [-0.39, 0.29) is 5.82 Å². The largest absolute Gasteiger partial charge is 0.242 e. The number of nitrogens with zero attached hydrogens (tertiary/aromatic N) is 1. The number of hydrogen-bond acceptors (Lipinski definition) is 2. The van der Waals surface area contributed by atoms with Crippen LogP contribution >= 0.6 is 22.9 Å². The molecular formula is C13H6ClFNS. The third-order valence-corrected chi connectivity index (χ3v) is 3.80. The van der Waals surface area contributed by atoms with Gasteiger partial charge in [0.05, 0.1) is 4.70 Å². The maximum Gasteiger partial charge on any atom is 0.146 e. The lowest BCUT2D eigenvalue weighted by molar-refractivity contribution is 0.628. The molecule has 0 saturated heterocycles. The molecule has 3 rings (SSSR count). The van der Waals surface area contributed by atoms with Gasteiger partial charge in [0, 0.05) is 22.5 Å². The van der Waals surface area contributed by atoms with E-state index >= 15 is 0 Å². The van der Waals surface area contributed by atoms with E-state index in [0.29, 0.717) is 5.15 Å². The minimum absolute atomic E-state index is 0.246. The summed E-state index contributed by atoms with van der Waals surface area (Å²) in [7, 11) is 0. The molecule has 0 saturated carbocycles. The second-order valence-electron chi connectivity index (χ2n) is 3.58. The van der Waals surface area contributed by atoms with Crippen LogP contribution in [-0.2, 0) is 0 Å². The molecule has 3 aromatic rings. The Labute approximate surface area is 106 Å². The van der Waals surface area contributed by atoms with E-state index in [2.05, 4.69) is 10.4 Å². The molecule has 0 aliphatic carbocycles. The van der Waals surface area contributed by atoms with Gasteiger partial charge in [0.1, 0.15) is 11.0 Å². The predicted octanol–water partition coefficient (Wildman–Crippen LogP) is 4.56. The van der Waals surface area contributed by atoms with E-state index in [1.807, 2.05) is 6.07 Å². The zero-order valence-corrected chi connectivity index (χ0v) is 10.1. The molecule has 17 heavy (non-hydrogen) atoms. The maximum absolute atomic E-state index is 12.9. The molecule has 0 N–H and O–H groups in total. The van der Waals surface area contributed by atoms with E-state index in [1.165, 1.54) is 23.5 Å². The summed E-state index contributed by atoms with van der Waals surface area (Å²) in [5, 5.41) is 4.53. The summed E-state index contributed by atoms with van der Waals surface area (Å²) in [5.74, 6) is -0.246. The van der Waals surface area contributed by atoms with Gasteiger partial charge in [-0.1, -0.05) is 23.7 Å².